The van der Waals surface area contributed by atoms with Gasteiger partial charge in [-0.1, -0.05) is 11.6 Å². The Kier molecular flexibility index (Phi) is 2.57. The number of aromatic nitrogens is 3. The van der Waals surface area contributed by atoms with Crippen molar-refractivity contribution in [1.82, 2.24) is 14.5 Å². The Morgan fingerprint density at radius 3 is 2.89 bits per heavy atom. The molecule has 0 saturated carbocycles. The average Bonchev–Trinajstić information content (AvgIpc) is 2.81. The smallest absolute Gasteiger partial charge is 0.151 e. The number of pyridine rings is 2. The van der Waals surface area contributed by atoms with Crippen LogP contribution in [0.2, 0.25) is 5.02 Å². The van der Waals surface area contributed by atoms with Crippen LogP contribution in [0.25, 0.3) is 16.7 Å². The first-order valence-electron chi connectivity index (χ1n) is 5.31. The molecule has 0 radical (unpaired) electrons. The molecule has 3 heterocycles. The molecule has 0 amide bonds. The summed E-state index contributed by atoms with van der Waals surface area (Å²) in [6, 6.07) is 5.50. The minimum Gasteiger partial charge on any atom is -0.300 e. The van der Waals surface area contributed by atoms with Crippen LogP contribution in [0, 0.1) is 0 Å². The summed E-state index contributed by atoms with van der Waals surface area (Å²) < 4.78 is 1.88. The highest BCUT2D eigenvalue weighted by Gasteiger charge is 2.06. The van der Waals surface area contributed by atoms with Gasteiger partial charge in [0.05, 0.1) is 16.9 Å². The molecule has 0 aliphatic rings. The van der Waals surface area contributed by atoms with Crippen LogP contribution >= 0.6 is 11.6 Å². The molecular formula is C13H8ClN3O. The zero-order chi connectivity index (χ0) is 12.5. The van der Waals surface area contributed by atoms with E-state index < -0.39 is 0 Å². The van der Waals surface area contributed by atoms with Gasteiger partial charge in [0.15, 0.2) is 6.29 Å². The monoisotopic (exact) mass is 257 g/mol. The number of fused-ring (bicyclic) bond motifs is 1. The Hall–Kier alpha value is -2.20. The first-order valence-corrected chi connectivity index (χ1v) is 5.69. The zero-order valence-corrected chi connectivity index (χ0v) is 10.0. The minimum atomic E-state index is 0.560. The van der Waals surface area contributed by atoms with E-state index in [1.165, 1.54) is 0 Å². The number of hydrogen-bond donors (Lipinski definition) is 0. The van der Waals surface area contributed by atoms with Crippen molar-refractivity contribution in [3.63, 3.8) is 0 Å². The fraction of sp³-hybridized carbons (Fsp3) is 0. The molecule has 18 heavy (non-hydrogen) atoms. The maximum Gasteiger partial charge on any atom is 0.151 e. The number of carbonyl (C=O) groups is 1. The Bertz CT molecular complexity index is 736. The maximum atomic E-state index is 10.7. The molecule has 3 aromatic heterocycles. The van der Waals surface area contributed by atoms with Crippen molar-refractivity contribution in [3.05, 3.63) is 53.6 Å². The van der Waals surface area contributed by atoms with E-state index in [2.05, 4.69) is 9.97 Å². The number of hydrogen-bond acceptors (Lipinski definition) is 3. The van der Waals surface area contributed by atoms with Crippen molar-refractivity contribution in [1.29, 1.82) is 0 Å². The van der Waals surface area contributed by atoms with Gasteiger partial charge in [0.25, 0.3) is 0 Å². The summed E-state index contributed by atoms with van der Waals surface area (Å²) in [5, 5.41) is 1.47. The Morgan fingerprint density at radius 2 is 2.11 bits per heavy atom. The van der Waals surface area contributed by atoms with Crippen molar-refractivity contribution >= 4 is 28.9 Å². The Morgan fingerprint density at radius 1 is 1.22 bits per heavy atom. The second-order valence-corrected chi connectivity index (χ2v) is 4.28. The lowest BCUT2D eigenvalue weighted by atomic mass is 10.2. The van der Waals surface area contributed by atoms with Crippen LogP contribution in [0.5, 0.6) is 0 Å². The van der Waals surface area contributed by atoms with Gasteiger partial charge in [-0.15, -0.1) is 0 Å². The molecule has 0 bridgehead atoms. The van der Waals surface area contributed by atoms with Crippen LogP contribution in [0.1, 0.15) is 10.4 Å². The second kappa shape index (κ2) is 4.23. The molecule has 0 aliphatic carbocycles. The largest absolute Gasteiger partial charge is 0.300 e. The third kappa shape index (κ3) is 1.76. The van der Waals surface area contributed by atoms with Crippen LogP contribution in [-0.4, -0.2) is 20.8 Å². The van der Waals surface area contributed by atoms with Crippen LogP contribution in [-0.2, 0) is 0 Å². The molecule has 4 nitrogen and oxygen atoms in total. The molecule has 0 unspecified atom stereocenters. The third-order valence-electron chi connectivity index (χ3n) is 2.65. The first kappa shape index (κ1) is 10.9. The van der Waals surface area contributed by atoms with Gasteiger partial charge in [-0.3, -0.25) is 14.3 Å². The van der Waals surface area contributed by atoms with E-state index in [4.69, 9.17) is 11.6 Å². The number of rotatable bonds is 2. The van der Waals surface area contributed by atoms with Gasteiger partial charge in [-0.2, -0.15) is 0 Å². The van der Waals surface area contributed by atoms with Gasteiger partial charge in [0.2, 0.25) is 0 Å². The van der Waals surface area contributed by atoms with E-state index in [0.29, 0.717) is 10.6 Å². The number of halogens is 1. The van der Waals surface area contributed by atoms with Crippen molar-refractivity contribution in [2.75, 3.05) is 0 Å². The normalized spacial score (nSPS) is 10.7. The summed E-state index contributed by atoms with van der Waals surface area (Å²) in [6.07, 6.45) is 7.49. The predicted octanol–water partition coefficient (Wildman–Crippen LogP) is 2.89. The van der Waals surface area contributed by atoms with E-state index in [1.54, 1.807) is 24.7 Å². The molecule has 0 spiro atoms. The predicted molar refractivity (Wildman–Crippen MR) is 69.3 cm³/mol. The molecule has 3 rings (SSSR count). The fourth-order valence-corrected chi connectivity index (χ4v) is 2.01. The van der Waals surface area contributed by atoms with Gasteiger partial charge < -0.3 is 0 Å². The number of carbonyl (C=O) groups excluding carboxylic acids is 1. The van der Waals surface area contributed by atoms with Crippen molar-refractivity contribution < 1.29 is 4.79 Å². The van der Waals surface area contributed by atoms with Crippen LogP contribution in [0.4, 0.5) is 0 Å². The average molecular weight is 258 g/mol. The lowest BCUT2D eigenvalue weighted by molar-refractivity contribution is 0.112. The maximum absolute atomic E-state index is 10.7. The zero-order valence-electron chi connectivity index (χ0n) is 9.25. The quantitative estimate of drug-likeness (QED) is 0.663. The van der Waals surface area contributed by atoms with Crippen LogP contribution in [0.3, 0.4) is 0 Å². The van der Waals surface area contributed by atoms with E-state index in [0.717, 1.165) is 23.0 Å². The van der Waals surface area contributed by atoms with Gasteiger partial charge in [0, 0.05) is 29.5 Å². The molecule has 0 saturated heterocycles. The van der Waals surface area contributed by atoms with E-state index in [9.17, 15) is 4.79 Å². The van der Waals surface area contributed by atoms with Gasteiger partial charge in [-0.25, -0.2) is 4.98 Å². The fourth-order valence-electron chi connectivity index (χ4n) is 1.85. The summed E-state index contributed by atoms with van der Waals surface area (Å²) in [4.78, 5) is 19.0. The molecule has 0 N–H and O–H groups in total. The van der Waals surface area contributed by atoms with Crippen LogP contribution in [0.15, 0.2) is 43.0 Å². The Balaban J connectivity index is 2.21. The number of aldehydes is 1. The van der Waals surface area contributed by atoms with E-state index >= 15 is 0 Å². The summed E-state index contributed by atoms with van der Waals surface area (Å²) in [6.45, 7) is 0. The first-order chi connectivity index (χ1) is 8.78. The van der Waals surface area contributed by atoms with Crippen LogP contribution < -0.4 is 0 Å². The van der Waals surface area contributed by atoms with Gasteiger partial charge in [0.1, 0.15) is 5.65 Å². The van der Waals surface area contributed by atoms with E-state index in [-0.39, 0.29) is 0 Å². The van der Waals surface area contributed by atoms with Crippen molar-refractivity contribution in [2.24, 2.45) is 0 Å². The SMILES string of the molecule is O=Cc1cnc2c(ccn2-c2cncc(Cl)c2)c1. The summed E-state index contributed by atoms with van der Waals surface area (Å²) in [7, 11) is 0. The van der Waals surface area contributed by atoms with Crippen molar-refractivity contribution in [3.8, 4) is 5.69 Å². The minimum absolute atomic E-state index is 0.560. The van der Waals surface area contributed by atoms with E-state index in [1.807, 2.05) is 22.9 Å². The molecule has 3 aromatic rings. The topological polar surface area (TPSA) is 47.8 Å². The highest BCUT2D eigenvalue weighted by Crippen LogP contribution is 2.20. The molecule has 88 valence electrons. The molecule has 5 heteroatoms. The lowest BCUT2D eigenvalue weighted by Gasteiger charge is -2.04. The van der Waals surface area contributed by atoms with Gasteiger partial charge in [-0.05, 0) is 18.2 Å². The van der Waals surface area contributed by atoms with Gasteiger partial charge >= 0.3 is 0 Å². The molecule has 0 aliphatic heterocycles. The highest BCUT2D eigenvalue weighted by atomic mass is 35.5. The summed E-state index contributed by atoms with van der Waals surface area (Å²) >= 11 is 5.92. The standard InChI is InChI=1S/C13H8ClN3O/c14-11-4-12(7-15-6-11)17-2-1-10-3-9(8-18)5-16-13(10)17/h1-8H. The highest BCUT2D eigenvalue weighted by molar-refractivity contribution is 6.30. The molecule has 0 fully saturated rings. The Labute approximate surface area is 108 Å². The number of nitrogens with zero attached hydrogens (tertiary/aromatic N) is 3. The molecular weight excluding hydrogens is 250 g/mol. The third-order valence-corrected chi connectivity index (χ3v) is 2.86. The summed E-state index contributed by atoms with van der Waals surface area (Å²) in [5.41, 5.74) is 2.16. The van der Waals surface area contributed by atoms with Crippen molar-refractivity contribution in [2.45, 2.75) is 0 Å². The summed E-state index contributed by atoms with van der Waals surface area (Å²) in [5.74, 6) is 0. The molecule has 0 aromatic carbocycles. The molecule has 0 atom stereocenters. The second-order valence-electron chi connectivity index (χ2n) is 3.85. The lowest BCUT2D eigenvalue weighted by Crippen LogP contribution is -1.95.